The first-order valence-electron chi connectivity index (χ1n) is 10.5. The summed E-state index contributed by atoms with van der Waals surface area (Å²) in [6.07, 6.45) is 1.02. The second kappa shape index (κ2) is 10.5. The van der Waals surface area contributed by atoms with E-state index in [4.69, 9.17) is 16.3 Å². The number of aryl methyl sites for hydroxylation is 1. The summed E-state index contributed by atoms with van der Waals surface area (Å²) in [7, 11) is -3.44. The summed E-state index contributed by atoms with van der Waals surface area (Å²) in [5, 5.41) is 3.43. The van der Waals surface area contributed by atoms with Gasteiger partial charge in [-0.15, -0.1) is 0 Å². The second-order valence-corrected chi connectivity index (χ2v) is 10.3. The Morgan fingerprint density at radius 1 is 1.16 bits per heavy atom. The van der Waals surface area contributed by atoms with E-state index in [1.807, 2.05) is 32.0 Å². The summed E-state index contributed by atoms with van der Waals surface area (Å²) in [5.41, 5.74) is 2.93. The zero-order chi connectivity index (χ0) is 22.4. The van der Waals surface area contributed by atoms with Crippen LogP contribution in [0.3, 0.4) is 0 Å². The first kappa shape index (κ1) is 23.6. The van der Waals surface area contributed by atoms with Crippen LogP contribution in [0, 0.1) is 19.8 Å². The third kappa shape index (κ3) is 6.45. The Bertz CT molecular complexity index is 1020. The largest absolute Gasteiger partial charge is 0.491 e. The van der Waals surface area contributed by atoms with Crippen LogP contribution >= 0.6 is 11.6 Å². The van der Waals surface area contributed by atoms with Crippen LogP contribution in [0.15, 0.2) is 42.5 Å². The number of amides is 1. The highest BCUT2D eigenvalue weighted by Gasteiger charge is 2.31. The number of halogens is 1. The molecule has 31 heavy (non-hydrogen) atoms. The zero-order valence-electron chi connectivity index (χ0n) is 17.9. The van der Waals surface area contributed by atoms with Crippen LogP contribution in [0.1, 0.15) is 29.5 Å². The van der Waals surface area contributed by atoms with E-state index < -0.39 is 10.0 Å². The monoisotopic (exact) mass is 464 g/mol. The molecule has 1 fully saturated rings. The van der Waals surface area contributed by atoms with Crippen molar-refractivity contribution in [3.05, 3.63) is 64.2 Å². The summed E-state index contributed by atoms with van der Waals surface area (Å²) < 4.78 is 32.7. The topological polar surface area (TPSA) is 75.7 Å². The fourth-order valence-electron chi connectivity index (χ4n) is 3.68. The molecule has 1 aliphatic heterocycles. The lowest BCUT2D eigenvalue weighted by atomic mass is 9.97. The van der Waals surface area contributed by atoms with Crippen LogP contribution < -0.4 is 10.1 Å². The van der Waals surface area contributed by atoms with E-state index in [1.54, 1.807) is 24.3 Å². The lowest BCUT2D eigenvalue weighted by Crippen LogP contribution is -2.43. The van der Waals surface area contributed by atoms with Crippen LogP contribution in [0.25, 0.3) is 0 Å². The lowest BCUT2D eigenvalue weighted by molar-refractivity contribution is -0.126. The molecule has 6 nitrogen and oxygen atoms in total. The molecule has 1 aliphatic rings. The number of rotatable bonds is 8. The van der Waals surface area contributed by atoms with E-state index in [-0.39, 0.29) is 17.6 Å². The van der Waals surface area contributed by atoms with E-state index in [0.717, 1.165) is 11.3 Å². The average molecular weight is 465 g/mol. The molecule has 0 atom stereocenters. The van der Waals surface area contributed by atoms with Gasteiger partial charge in [0.2, 0.25) is 15.9 Å². The van der Waals surface area contributed by atoms with Crippen molar-refractivity contribution in [1.82, 2.24) is 9.62 Å². The van der Waals surface area contributed by atoms with Crippen molar-refractivity contribution >= 4 is 27.5 Å². The highest BCUT2D eigenvalue weighted by molar-refractivity contribution is 7.88. The Morgan fingerprint density at radius 3 is 2.58 bits per heavy atom. The third-order valence-electron chi connectivity index (χ3n) is 5.67. The van der Waals surface area contributed by atoms with E-state index in [2.05, 4.69) is 5.32 Å². The molecule has 0 saturated carbocycles. The van der Waals surface area contributed by atoms with Crippen molar-refractivity contribution < 1.29 is 17.9 Å². The fourth-order valence-corrected chi connectivity index (χ4v) is 5.45. The predicted molar refractivity (Wildman–Crippen MR) is 123 cm³/mol. The minimum atomic E-state index is -3.44. The van der Waals surface area contributed by atoms with Crippen LogP contribution in [0.5, 0.6) is 5.75 Å². The van der Waals surface area contributed by atoms with Gasteiger partial charge in [-0.3, -0.25) is 4.79 Å². The SMILES string of the molecule is Cc1cccc(OCCNC(=O)C2CCN(S(=O)(=O)Cc3cccc(Cl)c3)CC2)c1C. The van der Waals surface area contributed by atoms with Crippen LogP contribution in [-0.2, 0) is 20.6 Å². The van der Waals surface area contributed by atoms with Gasteiger partial charge in [-0.05, 0) is 61.6 Å². The van der Waals surface area contributed by atoms with E-state index in [0.29, 0.717) is 49.7 Å². The van der Waals surface area contributed by atoms with Crippen molar-refractivity contribution in [3.8, 4) is 5.75 Å². The van der Waals surface area contributed by atoms with Crippen molar-refractivity contribution in [3.63, 3.8) is 0 Å². The molecule has 0 aromatic heterocycles. The quantitative estimate of drug-likeness (QED) is 0.604. The molecule has 8 heteroatoms. The second-order valence-electron chi connectivity index (χ2n) is 7.90. The van der Waals surface area contributed by atoms with Crippen molar-refractivity contribution in [1.29, 1.82) is 0 Å². The Hall–Kier alpha value is -2.09. The zero-order valence-corrected chi connectivity index (χ0v) is 19.5. The standard InChI is InChI=1S/C23H29ClN2O4S/c1-17-5-3-8-22(18(17)2)30-14-11-25-23(27)20-9-12-26(13-10-20)31(28,29)16-19-6-4-7-21(24)15-19/h3-8,15,20H,9-14,16H2,1-2H3,(H,25,27). The maximum Gasteiger partial charge on any atom is 0.223 e. The van der Waals surface area contributed by atoms with Gasteiger partial charge in [-0.2, -0.15) is 0 Å². The van der Waals surface area contributed by atoms with Crippen molar-refractivity contribution in [2.75, 3.05) is 26.2 Å². The highest BCUT2D eigenvalue weighted by Crippen LogP contribution is 2.23. The molecule has 3 rings (SSSR count). The number of benzene rings is 2. The fraction of sp³-hybridized carbons (Fsp3) is 0.435. The van der Waals surface area contributed by atoms with E-state index in [1.165, 1.54) is 9.87 Å². The molecule has 0 unspecified atom stereocenters. The first-order valence-corrected chi connectivity index (χ1v) is 12.4. The molecule has 1 heterocycles. The molecule has 0 bridgehead atoms. The number of piperidine rings is 1. The normalized spacial score (nSPS) is 15.6. The number of hydrogen-bond donors (Lipinski definition) is 1. The number of nitrogens with zero attached hydrogens (tertiary/aromatic N) is 1. The molecule has 168 valence electrons. The van der Waals surface area contributed by atoms with Gasteiger partial charge in [0.05, 0.1) is 12.3 Å². The first-order chi connectivity index (χ1) is 14.8. The summed E-state index contributed by atoms with van der Waals surface area (Å²) in [4.78, 5) is 12.5. The van der Waals surface area contributed by atoms with Crippen LogP contribution in [0.4, 0.5) is 0 Å². The number of ether oxygens (including phenoxy) is 1. The predicted octanol–water partition coefficient (Wildman–Crippen LogP) is 3.69. The molecule has 2 aromatic carbocycles. The minimum absolute atomic E-state index is 0.0450. The summed E-state index contributed by atoms with van der Waals surface area (Å²) >= 11 is 5.95. The Kier molecular flexibility index (Phi) is 7.97. The van der Waals surface area contributed by atoms with Gasteiger partial charge >= 0.3 is 0 Å². The number of carbonyl (C=O) groups is 1. The van der Waals surface area contributed by atoms with Gasteiger partial charge in [0.25, 0.3) is 0 Å². The maximum atomic E-state index is 12.7. The van der Waals surface area contributed by atoms with Gasteiger partial charge in [0, 0.05) is 24.0 Å². The number of sulfonamides is 1. The Balaban J connectivity index is 1.42. The molecular formula is C23H29ClN2O4S. The molecule has 1 amide bonds. The molecule has 0 radical (unpaired) electrons. The molecule has 0 aliphatic carbocycles. The molecule has 1 saturated heterocycles. The number of nitrogens with one attached hydrogen (secondary N) is 1. The molecule has 1 N–H and O–H groups in total. The van der Waals surface area contributed by atoms with Gasteiger partial charge in [-0.25, -0.2) is 12.7 Å². The van der Waals surface area contributed by atoms with E-state index in [9.17, 15) is 13.2 Å². The van der Waals surface area contributed by atoms with Gasteiger partial charge in [0.1, 0.15) is 12.4 Å². The highest BCUT2D eigenvalue weighted by atomic mass is 35.5. The summed E-state index contributed by atoms with van der Waals surface area (Å²) in [6.45, 7) is 5.55. The van der Waals surface area contributed by atoms with E-state index >= 15 is 0 Å². The Labute approximate surface area is 189 Å². The lowest BCUT2D eigenvalue weighted by Gasteiger charge is -2.30. The van der Waals surface area contributed by atoms with Gasteiger partial charge < -0.3 is 10.1 Å². The van der Waals surface area contributed by atoms with Crippen molar-refractivity contribution in [2.24, 2.45) is 5.92 Å². The smallest absolute Gasteiger partial charge is 0.223 e. The van der Waals surface area contributed by atoms with Crippen molar-refractivity contribution in [2.45, 2.75) is 32.4 Å². The van der Waals surface area contributed by atoms with Crippen LogP contribution in [-0.4, -0.2) is 44.9 Å². The molecule has 0 spiro atoms. The third-order valence-corrected chi connectivity index (χ3v) is 7.76. The van der Waals surface area contributed by atoms with Crippen LogP contribution in [0.2, 0.25) is 5.02 Å². The van der Waals surface area contributed by atoms with Gasteiger partial charge in [0.15, 0.2) is 0 Å². The Morgan fingerprint density at radius 2 is 1.87 bits per heavy atom. The minimum Gasteiger partial charge on any atom is -0.491 e. The number of carbonyl (C=O) groups excluding carboxylic acids is 1. The summed E-state index contributed by atoms with van der Waals surface area (Å²) in [6, 6.07) is 12.8. The van der Waals surface area contributed by atoms with Gasteiger partial charge in [-0.1, -0.05) is 35.9 Å². The molecule has 2 aromatic rings. The average Bonchev–Trinajstić information content (AvgIpc) is 2.73. The molecular weight excluding hydrogens is 436 g/mol. The number of hydrogen-bond acceptors (Lipinski definition) is 4. The maximum absolute atomic E-state index is 12.7. The summed E-state index contributed by atoms with van der Waals surface area (Å²) in [5.74, 6) is 0.516.